The summed E-state index contributed by atoms with van der Waals surface area (Å²) in [5.41, 5.74) is -1.47. The summed E-state index contributed by atoms with van der Waals surface area (Å²) < 4.78 is 69.1. The van der Waals surface area contributed by atoms with E-state index in [-0.39, 0.29) is 5.56 Å². The summed E-state index contributed by atoms with van der Waals surface area (Å²) >= 11 is 0. The number of benzene rings is 2. The van der Waals surface area contributed by atoms with Crippen molar-refractivity contribution in [2.75, 3.05) is 11.9 Å². The van der Waals surface area contributed by atoms with E-state index in [9.17, 15) is 31.5 Å². The van der Waals surface area contributed by atoms with Gasteiger partial charge in [-0.3, -0.25) is 4.79 Å². The monoisotopic (exact) mass is 385 g/mol. The van der Waals surface area contributed by atoms with Gasteiger partial charge in [-0.1, -0.05) is 18.2 Å². The van der Waals surface area contributed by atoms with E-state index >= 15 is 0 Å². The molecule has 1 amide bonds. The Morgan fingerprint density at radius 2 is 1.67 bits per heavy atom. The van der Waals surface area contributed by atoms with Crippen molar-refractivity contribution in [2.24, 2.45) is 0 Å². The zero-order valence-corrected chi connectivity index (χ0v) is 13.5. The summed E-state index contributed by atoms with van der Waals surface area (Å²) in [6.07, 6.45) is -2.62. The minimum atomic E-state index is -4.52. The highest BCUT2D eigenvalue weighted by molar-refractivity contribution is 5.94. The summed E-state index contributed by atoms with van der Waals surface area (Å²) in [7, 11) is 0. The molecule has 0 bridgehead atoms. The lowest BCUT2D eigenvalue weighted by Crippen LogP contribution is -2.21. The van der Waals surface area contributed by atoms with Crippen molar-refractivity contribution in [3.8, 4) is 0 Å². The van der Waals surface area contributed by atoms with Gasteiger partial charge in [0.15, 0.2) is 6.61 Å². The van der Waals surface area contributed by atoms with Gasteiger partial charge in [-0.05, 0) is 35.9 Å². The fourth-order valence-electron chi connectivity index (χ4n) is 1.96. The normalized spacial score (nSPS) is 11.4. The number of carbonyl (C=O) groups excluding carboxylic acids is 2. The van der Waals surface area contributed by atoms with Crippen LogP contribution >= 0.6 is 0 Å². The molecule has 0 heterocycles. The highest BCUT2D eigenvalue weighted by atomic mass is 19.4. The molecule has 0 spiro atoms. The third-order valence-corrected chi connectivity index (χ3v) is 3.20. The highest BCUT2D eigenvalue weighted by Crippen LogP contribution is 2.29. The van der Waals surface area contributed by atoms with Crippen molar-refractivity contribution in [3.63, 3.8) is 0 Å². The SMILES string of the molecule is O=C(COC(=O)/C=C/c1cccc(C(F)(F)F)c1)Nc1c(F)cccc1F. The second kappa shape index (κ2) is 8.43. The molecular formula is C18H12F5NO3. The van der Waals surface area contributed by atoms with E-state index < -0.39 is 47.5 Å². The summed E-state index contributed by atoms with van der Waals surface area (Å²) in [6, 6.07) is 7.19. The summed E-state index contributed by atoms with van der Waals surface area (Å²) in [4.78, 5) is 23.1. The van der Waals surface area contributed by atoms with Crippen molar-refractivity contribution in [1.29, 1.82) is 0 Å². The van der Waals surface area contributed by atoms with Crippen LogP contribution in [0.5, 0.6) is 0 Å². The van der Waals surface area contributed by atoms with Crippen molar-refractivity contribution in [1.82, 2.24) is 0 Å². The van der Waals surface area contributed by atoms with Crippen LogP contribution in [0.4, 0.5) is 27.6 Å². The number of nitrogens with one attached hydrogen (secondary N) is 1. The first kappa shape index (κ1) is 20.1. The number of ether oxygens (including phenoxy) is 1. The van der Waals surface area contributed by atoms with Gasteiger partial charge in [0, 0.05) is 6.08 Å². The van der Waals surface area contributed by atoms with E-state index in [4.69, 9.17) is 0 Å². The number of rotatable bonds is 5. The number of amides is 1. The van der Waals surface area contributed by atoms with Gasteiger partial charge in [-0.25, -0.2) is 13.6 Å². The first-order valence-corrected chi connectivity index (χ1v) is 7.43. The number of halogens is 5. The molecule has 0 unspecified atom stereocenters. The van der Waals surface area contributed by atoms with Crippen LogP contribution in [-0.4, -0.2) is 18.5 Å². The van der Waals surface area contributed by atoms with Crippen LogP contribution in [0.15, 0.2) is 48.5 Å². The summed E-state index contributed by atoms with van der Waals surface area (Å²) in [6.45, 7) is -0.834. The zero-order valence-electron chi connectivity index (χ0n) is 13.5. The van der Waals surface area contributed by atoms with Gasteiger partial charge < -0.3 is 10.1 Å². The van der Waals surface area contributed by atoms with Gasteiger partial charge in [0.1, 0.15) is 17.3 Å². The Bertz CT molecular complexity index is 857. The van der Waals surface area contributed by atoms with Crippen molar-refractivity contribution < 1.29 is 36.3 Å². The maximum absolute atomic E-state index is 13.4. The largest absolute Gasteiger partial charge is 0.452 e. The molecule has 0 aliphatic rings. The number of esters is 1. The number of para-hydroxylation sites is 1. The fourth-order valence-corrected chi connectivity index (χ4v) is 1.96. The van der Waals surface area contributed by atoms with Gasteiger partial charge in [0.05, 0.1) is 5.56 Å². The molecule has 0 atom stereocenters. The first-order chi connectivity index (χ1) is 12.7. The van der Waals surface area contributed by atoms with Crippen molar-refractivity contribution in [3.05, 3.63) is 71.3 Å². The van der Waals surface area contributed by atoms with Crippen LogP contribution < -0.4 is 5.32 Å². The number of hydrogen-bond donors (Lipinski definition) is 1. The van der Waals surface area contributed by atoms with Crippen LogP contribution in [0.25, 0.3) is 6.08 Å². The van der Waals surface area contributed by atoms with E-state index in [2.05, 4.69) is 4.74 Å². The topological polar surface area (TPSA) is 55.4 Å². The van der Waals surface area contributed by atoms with E-state index in [1.165, 1.54) is 12.1 Å². The van der Waals surface area contributed by atoms with Gasteiger partial charge in [-0.15, -0.1) is 0 Å². The van der Waals surface area contributed by atoms with Gasteiger partial charge >= 0.3 is 12.1 Å². The molecule has 142 valence electrons. The second-order valence-corrected chi connectivity index (χ2v) is 5.21. The van der Waals surface area contributed by atoms with E-state index in [1.54, 1.807) is 0 Å². The molecule has 0 aliphatic carbocycles. The standard InChI is InChI=1S/C18H12F5NO3/c19-13-5-2-6-14(20)17(13)24-15(25)10-27-16(26)8-7-11-3-1-4-12(9-11)18(21,22)23/h1-9H,10H2,(H,24,25)/b8-7+. The summed E-state index contributed by atoms with van der Waals surface area (Å²) in [5, 5.41) is 1.92. The van der Waals surface area contributed by atoms with Crippen molar-refractivity contribution >= 4 is 23.6 Å². The van der Waals surface area contributed by atoms with Crippen LogP contribution in [0.1, 0.15) is 11.1 Å². The van der Waals surface area contributed by atoms with Gasteiger partial charge in [0.2, 0.25) is 0 Å². The van der Waals surface area contributed by atoms with Crippen LogP contribution in [0.2, 0.25) is 0 Å². The average molecular weight is 385 g/mol. The zero-order chi connectivity index (χ0) is 20.0. The lowest BCUT2D eigenvalue weighted by atomic mass is 10.1. The Kier molecular flexibility index (Phi) is 6.27. The van der Waals surface area contributed by atoms with E-state index in [0.29, 0.717) is 0 Å². The first-order valence-electron chi connectivity index (χ1n) is 7.43. The Morgan fingerprint density at radius 1 is 1.04 bits per heavy atom. The minimum absolute atomic E-state index is 0.0969. The quantitative estimate of drug-likeness (QED) is 0.477. The predicted molar refractivity (Wildman–Crippen MR) is 86.4 cm³/mol. The Balaban J connectivity index is 1.91. The van der Waals surface area contributed by atoms with Crippen molar-refractivity contribution in [2.45, 2.75) is 6.18 Å². The predicted octanol–water partition coefficient (Wildman–Crippen LogP) is 4.18. The number of carbonyl (C=O) groups is 2. The Morgan fingerprint density at radius 3 is 2.30 bits per heavy atom. The lowest BCUT2D eigenvalue weighted by Gasteiger charge is -2.07. The van der Waals surface area contributed by atoms with Crippen LogP contribution in [0, 0.1) is 11.6 Å². The summed E-state index contributed by atoms with van der Waals surface area (Å²) in [5.74, 6) is -4.00. The maximum Gasteiger partial charge on any atom is 0.416 e. The van der Waals surface area contributed by atoms with Gasteiger partial charge in [-0.2, -0.15) is 13.2 Å². The third kappa shape index (κ3) is 5.91. The average Bonchev–Trinajstić information content (AvgIpc) is 2.61. The van der Waals surface area contributed by atoms with Crippen LogP contribution in [-0.2, 0) is 20.5 Å². The number of hydrogen-bond acceptors (Lipinski definition) is 3. The molecule has 0 radical (unpaired) electrons. The molecule has 0 aliphatic heterocycles. The molecule has 27 heavy (non-hydrogen) atoms. The van der Waals surface area contributed by atoms with E-state index in [0.717, 1.165) is 42.5 Å². The molecule has 0 saturated carbocycles. The van der Waals surface area contributed by atoms with E-state index in [1.807, 2.05) is 5.32 Å². The fraction of sp³-hybridized carbons (Fsp3) is 0.111. The lowest BCUT2D eigenvalue weighted by molar-refractivity contribution is -0.142. The molecule has 0 saturated heterocycles. The van der Waals surface area contributed by atoms with Gasteiger partial charge in [0.25, 0.3) is 5.91 Å². The number of alkyl halides is 3. The Labute approximate surface area is 150 Å². The third-order valence-electron chi connectivity index (χ3n) is 3.20. The molecule has 1 N–H and O–H groups in total. The molecule has 2 rings (SSSR count). The minimum Gasteiger partial charge on any atom is -0.452 e. The molecule has 0 fully saturated rings. The molecule has 0 aromatic heterocycles. The molecule has 9 heteroatoms. The molecule has 2 aromatic carbocycles. The maximum atomic E-state index is 13.4. The second-order valence-electron chi connectivity index (χ2n) is 5.21. The molecule has 4 nitrogen and oxygen atoms in total. The highest BCUT2D eigenvalue weighted by Gasteiger charge is 2.30. The molecular weight excluding hydrogens is 373 g/mol. The van der Waals surface area contributed by atoms with Crippen LogP contribution in [0.3, 0.4) is 0 Å². The molecule has 2 aromatic rings. The number of anilines is 1. The smallest absolute Gasteiger partial charge is 0.416 e. The Hall–Kier alpha value is -3.23.